The Morgan fingerprint density at radius 1 is 1.39 bits per heavy atom. The highest BCUT2D eigenvalue weighted by Crippen LogP contribution is 2.10. The quantitative estimate of drug-likeness (QED) is 0.856. The van der Waals surface area contributed by atoms with E-state index in [4.69, 9.17) is 4.74 Å². The van der Waals surface area contributed by atoms with Gasteiger partial charge in [0, 0.05) is 19.7 Å². The Labute approximate surface area is 108 Å². The van der Waals surface area contributed by atoms with Gasteiger partial charge >= 0.3 is 6.03 Å². The van der Waals surface area contributed by atoms with Gasteiger partial charge in [0.1, 0.15) is 0 Å². The van der Waals surface area contributed by atoms with Crippen LogP contribution in [-0.4, -0.2) is 25.3 Å². The van der Waals surface area contributed by atoms with Crippen LogP contribution in [0.3, 0.4) is 0 Å². The Bertz CT molecular complexity index is 401. The van der Waals surface area contributed by atoms with Crippen LogP contribution in [-0.2, 0) is 11.3 Å². The summed E-state index contributed by atoms with van der Waals surface area (Å²) >= 11 is 0. The minimum atomic E-state index is -0.131. The largest absolute Gasteiger partial charge is 0.376 e. The molecule has 0 bridgehead atoms. The van der Waals surface area contributed by atoms with E-state index in [1.165, 1.54) is 5.56 Å². The molecule has 1 aromatic carbocycles. The number of hydrogen-bond donors (Lipinski definition) is 2. The van der Waals surface area contributed by atoms with E-state index >= 15 is 0 Å². The molecule has 0 spiro atoms. The van der Waals surface area contributed by atoms with E-state index in [9.17, 15) is 4.79 Å². The average Bonchev–Trinajstić information content (AvgIpc) is 2.88. The highest BCUT2D eigenvalue weighted by atomic mass is 16.5. The topological polar surface area (TPSA) is 50.4 Å². The third kappa shape index (κ3) is 3.74. The zero-order valence-electron chi connectivity index (χ0n) is 10.7. The fourth-order valence-corrected chi connectivity index (χ4v) is 2.06. The van der Waals surface area contributed by atoms with Gasteiger partial charge in [-0.2, -0.15) is 0 Å². The van der Waals surface area contributed by atoms with Gasteiger partial charge in [0.2, 0.25) is 0 Å². The molecule has 18 heavy (non-hydrogen) atoms. The number of benzene rings is 1. The van der Waals surface area contributed by atoms with Gasteiger partial charge in [-0.3, -0.25) is 0 Å². The molecular weight excluding hydrogens is 228 g/mol. The van der Waals surface area contributed by atoms with Gasteiger partial charge in [0.15, 0.2) is 0 Å². The second-order valence-corrected chi connectivity index (χ2v) is 4.63. The summed E-state index contributed by atoms with van der Waals surface area (Å²) in [6, 6.07) is 7.91. The molecule has 1 fully saturated rings. The fraction of sp³-hybridized carbons (Fsp3) is 0.500. The number of nitrogens with one attached hydrogen (secondary N) is 2. The zero-order chi connectivity index (χ0) is 12.8. The zero-order valence-corrected chi connectivity index (χ0v) is 10.7. The summed E-state index contributed by atoms with van der Waals surface area (Å²) in [6.45, 7) is 4.02. The second-order valence-electron chi connectivity index (χ2n) is 4.63. The van der Waals surface area contributed by atoms with E-state index < -0.39 is 0 Å². The van der Waals surface area contributed by atoms with E-state index in [1.807, 2.05) is 31.2 Å². The Hall–Kier alpha value is -1.55. The molecule has 0 saturated carbocycles. The smallest absolute Gasteiger partial charge is 0.315 e. The normalized spacial score (nSPS) is 18.6. The standard InChI is InChI=1S/C14H20N2O2/c1-11-5-2-3-6-12(11)9-15-14(17)16-10-13-7-4-8-18-13/h2-3,5-6,13H,4,7-10H2,1H3,(H2,15,16,17). The van der Waals surface area contributed by atoms with Crippen molar-refractivity contribution in [3.8, 4) is 0 Å². The van der Waals surface area contributed by atoms with Crippen molar-refractivity contribution < 1.29 is 9.53 Å². The van der Waals surface area contributed by atoms with Crippen molar-refractivity contribution in [3.63, 3.8) is 0 Å². The molecule has 2 amide bonds. The number of amides is 2. The predicted octanol–water partition coefficient (Wildman–Crippen LogP) is 1.97. The number of aryl methyl sites for hydroxylation is 1. The van der Waals surface area contributed by atoms with Crippen molar-refractivity contribution in [2.24, 2.45) is 0 Å². The summed E-state index contributed by atoms with van der Waals surface area (Å²) in [5, 5.41) is 5.70. The first kappa shape index (κ1) is 12.9. The molecule has 4 nitrogen and oxygen atoms in total. The second kappa shape index (κ2) is 6.40. The number of ether oxygens (including phenoxy) is 1. The molecule has 0 radical (unpaired) electrons. The maximum atomic E-state index is 11.6. The van der Waals surface area contributed by atoms with Crippen molar-refractivity contribution >= 4 is 6.03 Å². The predicted molar refractivity (Wildman–Crippen MR) is 70.4 cm³/mol. The molecule has 98 valence electrons. The lowest BCUT2D eigenvalue weighted by Crippen LogP contribution is -2.39. The highest BCUT2D eigenvalue weighted by molar-refractivity contribution is 5.73. The average molecular weight is 248 g/mol. The Morgan fingerprint density at radius 3 is 2.94 bits per heavy atom. The number of hydrogen-bond acceptors (Lipinski definition) is 2. The van der Waals surface area contributed by atoms with Crippen LogP contribution in [0, 0.1) is 6.92 Å². The minimum absolute atomic E-state index is 0.131. The first-order chi connectivity index (χ1) is 8.75. The number of carbonyl (C=O) groups excluding carboxylic acids is 1. The van der Waals surface area contributed by atoms with Gasteiger partial charge in [-0.15, -0.1) is 0 Å². The van der Waals surface area contributed by atoms with Crippen molar-refractivity contribution in [1.29, 1.82) is 0 Å². The van der Waals surface area contributed by atoms with Gasteiger partial charge in [-0.1, -0.05) is 24.3 Å². The molecule has 0 aliphatic carbocycles. The third-order valence-electron chi connectivity index (χ3n) is 3.21. The maximum Gasteiger partial charge on any atom is 0.315 e. The lowest BCUT2D eigenvalue weighted by Gasteiger charge is -2.12. The summed E-state index contributed by atoms with van der Waals surface area (Å²) in [4.78, 5) is 11.6. The van der Waals surface area contributed by atoms with Crippen LogP contribution < -0.4 is 10.6 Å². The first-order valence-corrected chi connectivity index (χ1v) is 6.43. The molecule has 4 heteroatoms. The van der Waals surface area contributed by atoms with Crippen molar-refractivity contribution in [1.82, 2.24) is 10.6 Å². The fourth-order valence-electron chi connectivity index (χ4n) is 2.06. The van der Waals surface area contributed by atoms with E-state index in [-0.39, 0.29) is 12.1 Å². The summed E-state index contributed by atoms with van der Waals surface area (Å²) in [5.41, 5.74) is 2.33. The van der Waals surface area contributed by atoms with Gasteiger partial charge in [0.25, 0.3) is 0 Å². The first-order valence-electron chi connectivity index (χ1n) is 6.43. The Morgan fingerprint density at radius 2 is 2.22 bits per heavy atom. The molecule has 1 unspecified atom stereocenters. The highest BCUT2D eigenvalue weighted by Gasteiger charge is 2.15. The van der Waals surface area contributed by atoms with E-state index in [1.54, 1.807) is 0 Å². The van der Waals surface area contributed by atoms with E-state index in [0.29, 0.717) is 13.1 Å². The van der Waals surface area contributed by atoms with Crippen LogP contribution in [0.4, 0.5) is 4.79 Å². The molecule has 1 heterocycles. The summed E-state index contributed by atoms with van der Waals surface area (Å²) < 4.78 is 5.44. The van der Waals surface area contributed by atoms with Crippen molar-refractivity contribution in [2.45, 2.75) is 32.4 Å². The van der Waals surface area contributed by atoms with Crippen LogP contribution in [0.25, 0.3) is 0 Å². The molecular formula is C14H20N2O2. The molecule has 1 aromatic rings. The van der Waals surface area contributed by atoms with Gasteiger partial charge in [-0.25, -0.2) is 4.79 Å². The molecule has 2 N–H and O–H groups in total. The van der Waals surface area contributed by atoms with Gasteiger partial charge in [-0.05, 0) is 30.9 Å². The summed E-state index contributed by atoms with van der Waals surface area (Å²) in [6.07, 6.45) is 2.32. The van der Waals surface area contributed by atoms with Gasteiger partial charge < -0.3 is 15.4 Å². The van der Waals surface area contributed by atoms with Gasteiger partial charge in [0.05, 0.1) is 6.10 Å². The molecule has 1 atom stereocenters. The van der Waals surface area contributed by atoms with Crippen LogP contribution in [0.1, 0.15) is 24.0 Å². The Balaban J connectivity index is 1.69. The van der Waals surface area contributed by atoms with Crippen LogP contribution >= 0.6 is 0 Å². The minimum Gasteiger partial charge on any atom is -0.376 e. The SMILES string of the molecule is Cc1ccccc1CNC(=O)NCC1CCCO1. The molecule has 2 rings (SSSR count). The number of carbonyl (C=O) groups is 1. The van der Waals surface area contributed by atoms with Crippen LogP contribution in [0.5, 0.6) is 0 Å². The number of rotatable bonds is 4. The summed E-state index contributed by atoms with van der Waals surface area (Å²) in [7, 11) is 0. The van der Waals surface area contributed by atoms with E-state index in [2.05, 4.69) is 10.6 Å². The van der Waals surface area contributed by atoms with Crippen LogP contribution in [0.15, 0.2) is 24.3 Å². The maximum absolute atomic E-state index is 11.6. The lowest BCUT2D eigenvalue weighted by atomic mass is 10.1. The lowest BCUT2D eigenvalue weighted by molar-refractivity contribution is 0.111. The van der Waals surface area contributed by atoms with E-state index in [0.717, 1.165) is 25.0 Å². The monoisotopic (exact) mass is 248 g/mol. The molecule has 0 aromatic heterocycles. The van der Waals surface area contributed by atoms with Crippen molar-refractivity contribution in [3.05, 3.63) is 35.4 Å². The molecule has 1 aliphatic heterocycles. The molecule has 1 aliphatic rings. The summed E-state index contributed by atoms with van der Waals surface area (Å²) in [5.74, 6) is 0. The number of urea groups is 1. The van der Waals surface area contributed by atoms with Crippen molar-refractivity contribution in [2.75, 3.05) is 13.2 Å². The molecule has 1 saturated heterocycles. The third-order valence-corrected chi connectivity index (χ3v) is 3.21. The van der Waals surface area contributed by atoms with Crippen LogP contribution in [0.2, 0.25) is 0 Å². The Kier molecular flexibility index (Phi) is 4.59.